The Bertz CT molecular complexity index is 1140. The number of carbonyl (C=O) groups excluding carboxylic acids is 2. The summed E-state index contributed by atoms with van der Waals surface area (Å²) in [5.74, 6) is 0.333. The van der Waals surface area contributed by atoms with Crippen LogP contribution in [0.3, 0.4) is 0 Å². The molecule has 0 aliphatic heterocycles. The maximum absolute atomic E-state index is 12.5. The topological polar surface area (TPSA) is 96.8 Å². The van der Waals surface area contributed by atoms with Crippen LogP contribution in [0.15, 0.2) is 73.1 Å². The number of hydrogen-bond donors (Lipinski definition) is 0. The number of unbranched alkanes of at least 4 members (excludes halogenated alkanes) is 3. The number of rotatable bonds is 13. The van der Waals surface area contributed by atoms with Gasteiger partial charge in [-0.25, -0.2) is 19.6 Å². The highest BCUT2D eigenvalue weighted by Gasteiger charge is 2.10. The van der Waals surface area contributed by atoms with Crippen LogP contribution in [0.25, 0.3) is 11.1 Å². The van der Waals surface area contributed by atoms with Crippen molar-refractivity contribution < 1.29 is 28.5 Å². The van der Waals surface area contributed by atoms with Crippen molar-refractivity contribution in [2.45, 2.75) is 32.6 Å². The van der Waals surface area contributed by atoms with Gasteiger partial charge in [-0.2, -0.15) is 0 Å². The molecule has 0 N–H and O–H groups in total. The highest BCUT2D eigenvalue weighted by atomic mass is 16.5. The van der Waals surface area contributed by atoms with Crippen molar-refractivity contribution in [3.05, 3.63) is 78.6 Å². The lowest BCUT2D eigenvalue weighted by Gasteiger charge is -2.08. The maximum Gasteiger partial charge on any atom is 0.343 e. The van der Waals surface area contributed by atoms with Gasteiger partial charge >= 0.3 is 17.9 Å². The second-order valence-corrected chi connectivity index (χ2v) is 8.08. The zero-order chi connectivity index (χ0) is 25.8. The standard InChI is InChI=1S/C28H30N2O6/c1-20(2)26(31)35-17-7-5-4-6-16-34-24-12-10-22(11-13-24)27(32)36-25-14-8-21(9-15-25)23-18-29-28(33-3)30-19-23/h8-15,18-19H,1,4-7,16-17H2,2-3H3. The summed E-state index contributed by atoms with van der Waals surface area (Å²) in [7, 11) is 1.51. The molecule has 0 aliphatic rings. The molecule has 0 atom stereocenters. The largest absolute Gasteiger partial charge is 0.494 e. The highest BCUT2D eigenvalue weighted by Crippen LogP contribution is 2.23. The Balaban J connectivity index is 1.37. The second kappa shape index (κ2) is 13.6. The van der Waals surface area contributed by atoms with Crippen LogP contribution in [0, 0.1) is 0 Å². The minimum absolute atomic E-state index is 0.302. The number of methoxy groups -OCH3 is 1. The Labute approximate surface area is 210 Å². The quantitative estimate of drug-likeness (QED) is 0.135. The molecule has 1 heterocycles. The number of aromatic nitrogens is 2. The molecule has 0 amide bonds. The maximum atomic E-state index is 12.5. The van der Waals surface area contributed by atoms with E-state index in [0.29, 0.717) is 41.9 Å². The van der Waals surface area contributed by atoms with E-state index in [9.17, 15) is 9.59 Å². The first kappa shape index (κ1) is 26.4. The zero-order valence-electron chi connectivity index (χ0n) is 20.6. The monoisotopic (exact) mass is 490 g/mol. The van der Waals surface area contributed by atoms with Crippen LogP contribution in [0.1, 0.15) is 43.0 Å². The fraction of sp³-hybridized carbons (Fsp3) is 0.286. The summed E-state index contributed by atoms with van der Waals surface area (Å²) in [6.45, 7) is 6.16. The summed E-state index contributed by atoms with van der Waals surface area (Å²) in [6.07, 6.45) is 6.96. The van der Waals surface area contributed by atoms with Crippen molar-refractivity contribution in [1.29, 1.82) is 0 Å². The summed E-state index contributed by atoms with van der Waals surface area (Å²) in [6, 6.07) is 14.3. The lowest BCUT2D eigenvalue weighted by Crippen LogP contribution is -2.08. The van der Waals surface area contributed by atoms with E-state index in [2.05, 4.69) is 16.5 Å². The third-order valence-corrected chi connectivity index (χ3v) is 5.19. The molecule has 8 nitrogen and oxygen atoms in total. The number of benzene rings is 2. The van der Waals surface area contributed by atoms with Crippen LogP contribution in [-0.2, 0) is 9.53 Å². The fourth-order valence-electron chi connectivity index (χ4n) is 3.18. The van der Waals surface area contributed by atoms with Crippen LogP contribution in [-0.4, -0.2) is 42.2 Å². The van der Waals surface area contributed by atoms with Gasteiger partial charge in [0.25, 0.3) is 0 Å². The first-order chi connectivity index (χ1) is 17.5. The third-order valence-electron chi connectivity index (χ3n) is 5.19. The summed E-state index contributed by atoms with van der Waals surface area (Å²) in [5, 5.41) is 0. The van der Waals surface area contributed by atoms with Crippen molar-refractivity contribution >= 4 is 11.9 Å². The van der Waals surface area contributed by atoms with Crippen LogP contribution >= 0.6 is 0 Å². The average Bonchev–Trinajstić information content (AvgIpc) is 2.90. The van der Waals surface area contributed by atoms with E-state index in [0.717, 1.165) is 36.8 Å². The first-order valence-electron chi connectivity index (χ1n) is 11.7. The van der Waals surface area contributed by atoms with Crippen molar-refractivity contribution in [3.8, 4) is 28.6 Å². The Hall–Kier alpha value is -4.20. The Morgan fingerprint density at radius 1 is 0.806 bits per heavy atom. The van der Waals surface area contributed by atoms with E-state index < -0.39 is 5.97 Å². The predicted octanol–water partition coefficient (Wildman–Crippen LogP) is 5.43. The molecule has 1 aromatic heterocycles. The van der Waals surface area contributed by atoms with Gasteiger partial charge in [0.2, 0.25) is 0 Å². The van der Waals surface area contributed by atoms with Gasteiger partial charge in [0.1, 0.15) is 11.5 Å². The number of carbonyl (C=O) groups is 2. The van der Waals surface area contributed by atoms with E-state index in [-0.39, 0.29) is 5.97 Å². The second-order valence-electron chi connectivity index (χ2n) is 8.08. The SMILES string of the molecule is C=C(C)C(=O)OCCCCCCOc1ccc(C(=O)Oc2ccc(-c3cnc(OC)nc3)cc2)cc1. The fourth-order valence-corrected chi connectivity index (χ4v) is 3.18. The van der Waals surface area contributed by atoms with E-state index in [1.165, 1.54) is 7.11 Å². The van der Waals surface area contributed by atoms with E-state index in [4.69, 9.17) is 18.9 Å². The lowest BCUT2D eigenvalue weighted by atomic mass is 10.1. The molecule has 0 unspecified atom stereocenters. The number of ether oxygens (including phenoxy) is 4. The normalized spacial score (nSPS) is 10.4. The lowest BCUT2D eigenvalue weighted by molar-refractivity contribution is -0.139. The van der Waals surface area contributed by atoms with Crippen LogP contribution in [0.4, 0.5) is 0 Å². The molecule has 3 rings (SSSR count). The van der Waals surface area contributed by atoms with Gasteiger partial charge in [-0.15, -0.1) is 0 Å². The van der Waals surface area contributed by atoms with Crippen LogP contribution in [0.5, 0.6) is 17.5 Å². The van der Waals surface area contributed by atoms with Crippen LogP contribution in [0.2, 0.25) is 0 Å². The number of esters is 2. The predicted molar refractivity (Wildman–Crippen MR) is 135 cm³/mol. The number of nitrogens with zero attached hydrogens (tertiary/aromatic N) is 2. The molecule has 0 bridgehead atoms. The van der Waals surface area contributed by atoms with E-state index >= 15 is 0 Å². The van der Waals surface area contributed by atoms with Gasteiger partial charge in [-0.3, -0.25) is 0 Å². The molecule has 0 aliphatic carbocycles. The van der Waals surface area contributed by atoms with Gasteiger partial charge in [-0.05, 0) is 74.6 Å². The minimum atomic E-state index is -0.450. The third kappa shape index (κ3) is 8.23. The van der Waals surface area contributed by atoms with Crippen LogP contribution < -0.4 is 14.2 Å². The molecule has 0 spiro atoms. The smallest absolute Gasteiger partial charge is 0.343 e. The van der Waals surface area contributed by atoms with Crippen molar-refractivity contribution in [2.24, 2.45) is 0 Å². The highest BCUT2D eigenvalue weighted by molar-refractivity contribution is 5.91. The Kier molecular flexibility index (Phi) is 10.00. The van der Waals surface area contributed by atoms with Crippen molar-refractivity contribution in [3.63, 3.8) is 0 Å². The first-order valence-corrected chi connectivity index (χ1v) is 11.7. The molecular formula is C28H30N2O6. The molecular weight excluding hydrogens is 460 g/mol. The van der Waals surface area contributed by atoms with Gasteiger partial charge < -0.3 is 18.9 Å². The zero-order valence-corrected chi connectivity index (χ0v) is 20.6. The Morgan fingerprint density at radius 3 is 2.03 bits per heavy atom. The number of hydrogen-bond acceptors (Lipinski definition) is 8. The molecule has 0 fully saturated rings. The van der Waals surface area contributed by atoms with Crippen molar-refractivity contribution in [2.75, 3.05) is 20.3 Å². The molecule has 36 heavy (non-hydrogen) atoms. The molecule has 188 valence electrons. The molecule has 0 saturated carbocycles. The van der Waals surface area contributed by atoms with Gasteiger partial charge in [0.05, 0.1) is 25.9 Å². The van der Waals surface area contributed by atoms with Gasteiger partial charge in [0.15, 0.2) is 0 Å². The summed E-state index contributed by atoms with van der Waals surface area (Å²) < 4.78 is 21.2. The molecule has 3 aromatic rings. The minimum Gasteiger partial charge on any atom is -0.494 e. The molecule has 8 heteroatoms. The average molecular weight is 491 g/mol. The molecule has 2 aromatic carbocycles. The summed E-state index contributed by atoms with van der Waals surface area (Å²) >= 11 is 0. The van der Waals surface area contributed by atoms with Gasteiger partial charge in [-0.1, -0.05) is 18.7 Å². The van der Waals surface area contributed by atoms with E-state index in [1.807, 2.05) is 12.1 Å². The summed E-state index contributed by atoms with van der Waals surface area (Å²) in [4.78, 5) is 32.0. The van der Waals surface area contributed by atoms with Gasteiger partial charge in [0, 0.05) is 23.5 Å². The van der Waals surface area contributed by atoms with Crippen molar-refractivity contribution in [1.82, 2.24) is 9.97 Å². The molecule has 0 radical (unpaired) electrons. The van der Waals surface area contributed by atoms with E-state index in [1.54, 1.807) is 55.7 Å². The summed E-state index contributed by atoms with van der Waals surface area (Å²) in [5.41, 5.74) is 2.57. The Morgan fingerprint density at radius 2 is 1.42 bits per heavy atom. The molecule has 0 saturated heterocycles.